The fourth-order valence-corrected chi connectivity index (χ4v) is 3.48. The SMILES string of the molecule is CC1CCC(CNC(C)C)(CN(C)Cc2ccco2)CC1. The Labute approximate surface area is 130 Å². The number of rotatable bonds is 7. The Bertz CT molecular complexity index is 391. The second-order valence-electron chi connectivity index (χ2n) is 7.47. The summed E-state index contributed by atoms with van der Waals surface area (Å²) in [5, 5.41) is 3.68. The number of furan rings is 1. The maximum Gasteiger partial charge on any atom is 0.117 e. The van der Waals surface area contributed by atoms with Crippen LogP contribution in [0.25, 0.3) is 0 Å². The molecule has 3 heteroatoms. The van der Waals surface area contributed by atoms with Crippen LogP contribution >= 0.6 is 0 Å². The standard InChI is InChI=1S/C18H32N2O/c1-15(2)19-13-18(9-7-16(3)8-10-18)14-20(4)12-17-6-5-11-21-17/h5-6,11,15-16,19H,7-10,12-14H2,1-4H3. The molecule has 0 saturated heterocycles. The molecule has 3 nitrogen and oxygen atoms in total. The first-order valence-electron chi connectivity index (χ1n) is 8.43. The quantitative estimate of drug-likeness (QED) is 0.826. The first-order chi connectivity index (χ1) is 9.99. The molecule has 2 rings (SSSR count). The molecule has 1 aromatic heterocycles. The van der Waals surface area contributed by atoms with Gasteiger partial charge in [-0.25, -0.2) is 0 Å². The Balaban J connectivity index is 1.94. The zero-order chi connectivity index (χ0) is 15.3. The highest BCUT2D eigenvalue weighted by molar-refractivity contribution is 4.98. The third-order valence-electron chi connectivity index (χ3n) is 4.83. The van der Waals surface area contributed by atoms with E-state index in [1.165, 1.54) is 25.7 Å². The molecule has 0 aliphatic heterocycles. The lowest BCUT2D eigenvalue weighted by Crippen LogP contribution is -2.46. The summed E-state index contributed by atoms with van der Waals surface area (Å²) in [6.45, 7) is 10.1. The monoisotopic (exact) mass is 292 g/mol. The van der Waals surface area contributed by atoms with Gasteiger partial charge in [0, 0.05) is 19.1 Å². The van der Waals surface area contributed by atoms with E-state index in [0.717, 1.165) is 31.3 Å². The van der Waals surface area contributed by atoms with E-state index in [0.29, 0.717) is 11.5 Å². The summed E-state index contributed by atoms with van der Waals surface area (Å²) in [6.07, 6.45) is 7.19. The van der Waals surface area contributed by atoms with Crippen LogP contribution in [-0.2, 0) is 6.54 Å². The summed E-state index contributed by atoms with van der Waals surface area (Å²) >= 11 is 0. The van der Waals surface area contributed by atoms with Gasteiger partial charge in [0.1, 0.15) is 5.76 Å². The summed E-state index contributed by atoms with van der Waals surface area (Å²) < 4.78 is 5.48. The molecule has 1 saturated carbocycles. The molecule has 0 radical (unpaired) electrons. The molecule has 1 aliphatic rings. The van der Waals surface area contributed by atoms with Crippen LogP contribution in [-0.4, -0.2) is 31.1 Å². The van der Waals surface area contributed by atoms with E-state index in [1.807, 2.05) is 6.07 Å². The van der Waals surface area contributed by atoms with Crippen molar-refractivity contribution < 1.29 is 4.42 Å². The molecule has 1 aliphatic carbocycles. The van der Waals surface area contributed by atoms with E-state index in [1.54, 1.807) is 6.26 Å². The fourth-order valence-electron chi connectivity index (χ4n) is 3.48. The molecule has 1 fully saturated rings. The van der Waals surface area contributed by atoms with Crippen LogP contribution in [0, 0.1) is 11.3 Å². The summed E-state index contributed by atoms with van der Waals surface area (Å²) in [4.78, 5) is 2.43. The molecule has 1 heterocycles. The van der Waals surface area contributed by atoms with E-state index in [9.17, 15) is 0 Å². The first kappa shape index (κ1) is 16.6. The zero-order valence-corrected chi connectivity index (χ0v) is 14.2. The van der Waals surface area contributed by atoms with Gasteiger partial charge < -0.3 is 9.73 Å². The lowest BCUT2D eigenvalue weighted by atomic mass is 9.70. The van der Waals surface area contributed by atoms with Crippen LogP contribution in [0.1, 0.15) is 52.2 Å². The lowest BCUT2D eigenvalue weighted by molar-refractivity contribution is 0.0906. The van der Waals surface area contributed by atoms with Gasteiger partial charge in [-0.15, -0.1) is 0 Å². The van der Waals surface area contributed by atoms with E-state index in [4.69, 9.17) is 4.42 Å². The average molecular weight is 292 g/mol. The van der Waals surface area contributed by atoms with Gasteiger partial charge in [0.15, 0.2) is 0 Å². The van der Waals surface area contributed by atoms with Crippen LogP contribution in [0.15, 0.2) is 22.8 Å². The van der Waals surface area contributed by atoms with Crippen LogP contribution in [0.4, 0.5) is 0 Å². The van der Waals surface area contributed by atoms with Gasteiger partial charge in [-0.2, -0.15) is 0 Å². The maximum atomic E-state index is 5.48. The molecule has 120 valence electrons. The smallest absolute Gasteiger partial charge is 0.117 e. The fraction of sp³-hybridized carbons (Fsp3) is 0.778. The van der Waals surface area contributed by atoms with E-state index >= 15 is 0 Å². The van der Waals surface area contributed by atoms with Crippen molar-refractivity contribution in [2.24, 2.45) is 11.3 Å². The van der Waals surface area contributed by atoms with Crippen molar-refractivity contribution in [2.75, 3.05) is 20.1 Å². The molecule has 0 unspecified atom stereocenters. The highest BCUT2D eigenvalue weighted by Crippen LogP contribution is 2.39. The first-order valence-corrected chi connectivity index (χ1v) is 8.43. The second-order valence-corrected chi connectivity index (χ2v) is 7.47. The van der Waals surface area contributed by atoms with Crippen molar-refractivity contribution in [3.05, 3.63) is 24.2 Å². The van der Waals surface area contributed by atoms with Crippen LogP contribution in [0.3, 0.4) is 0 Å². The minimum atomic E-state index is 0.429. The molecule has 0 atom stereocenters. The Morgan fingerprint density at radius 3 is 2.67 bits per heavy atom. The molecule has 0 amide bonds. The van der Waals surface area contributed by atoms with Crippen molar-refractivity contribution in [3.63, 3.8) is 0 Å². The Morgan fingerprint density at radius 2 is 2.10 bits per heavy atom. The highest BCUT2D eigenvalue weighted by Gasteiger charge is 2.35. The predicted octanol–water partition coefficient (Wildman–Crippen LogP) is 3.91. The number of nitrogens with zero attached hydrogens (tertiary/aromatic N) is 1. The van der Waals surface area contributed by atoms with Gasteiger partial charge in [-0.1, -0.05) is 33.6 Å². The van der Waals surface area contributed by atoms with Crippen LogP contribution in [0.5, 0.6) is 0 Å². The summed E-state index contributed by atoms with van der Waals surface area (Å²) in [7, 11) is 2.22. The molecule has 0 bridgehead atoms. The molecule has 0 spiro atoms. The van der Waals surface area contributed by atoms with Crippen LogP contribution in [0.2, 0.25) is 0 Å². The van der Waals surface area contributed by atoms with E-state index < -0.39 is 0 Å². The Kier molecular flexibility index (Phi) is 5.88. The number of hydrogen-bond acceptors (Lipinski definition) is 3. The zero-order valence-electron chi connectivity index (χ0n) is 14.2. The van der Waals surface area contributed by atoms with Crippen molar-refractivity contribution in [3.8, 4) is 0 Å². The molecule has 0 aromatic carbocycles. The predicted molar refractivity (Wildman–Crippen MR) is 88.2 cm³/mol. The number of nitrogens with one attached hydrogen (secondary N) is 1. The summed E-state index contributed by atoms with van der Waals surface area (Å²) in [5.74, 6) is 1.96. The minimum absolute atomic E-state index is 0.429. The van der Waals surface area contributed by atoms with Gasteiger partial charge in [0.05, 0.1) is 12.8 Å². The highest BCUT2D eigenvalue weighted by atomic mass is 16.3. The normalized spacial score (nSPS) is 26.7. The van der Waals surface area contributed by atoms with Gasteiger partial charge in [0.25, 0.3) is 0 Å². The minimum Gasteiger partial charge on any atom is -0.468 e. The molecule has 21 heavy (non-hydrogen) atoms. The Hall–Kier alpha value is -0.800. The Morgan fingerprint density at radius 1 is 1.38 bits per heavy atom. The summed E-state index contributed by atoms with van der Waals surface area (Å²) in [5.41, 5.74) is 0.429. The lowest BCUT2D eigenvalue weighted by Gasteiger charge is -2.42. The van der Waals surface area contributed by atoms with Gasteiger partial charge in [-0.3, -0.25) is 4.90 Å². The van der Waals surface area contributed by atoms with Gasteiger partial charge in [-0.05, 0) is 43.4 Å². The average Bonchev–Trinajstić information content (AvgIpc) is 2.92. The van der Waals surface area contributed by atoms with Crippen molar-refractivity contribution in [1.82, 2.24) is 10.2 Å². The van der Waals surface area contributed by atoms with Crippen molar-refractivity contribution >= 4 is 0 Å². The second kappa shape index (κ2) is 7.46. The molecule has 1 aromatic rings. The molecule has 1 N–H and O–H groups in total. The van der Waals surface area contributed by atoms with E-state index in [2.05, 4.69) is 44.1 Å². The molecular weight excluding hydrogens is 260 g/mol. The van der Waals surface area contributed by atoms with Gasteiger partial charge >= 0.3 is 0 Å². The van der Waals surface area contributed by atoms with Crippen LogP contribution < -0.4 is 5.32 Å². The van der Waals surface area contributed by atoms with E-state index in [-0.39, 0.29) is 0 Å². The van der Waals surface area contributed by atoms with Crippen molar-refractivity contribution in [1.29, 1.82) is 0 Å². The maximum absolute atomic E-state index is 5.48. The third-order valence-corrected chi connectivity index (χ3v) is 4.83. The number of hydrogen-bond donors (Lipinski definition) is 1. The largest absolute Gasteiger partial charge is 0.468 e. The van der Waals surface area contributed by atoms with Crippen molar-refractivity contribution in [2.45, 2.75) is 59.0 Å². The third kappa shape index (κ3) is 5.15. The molecular formula is C18H32N2O. The topological polar surface area (TPSA) is 28.4 Å². The summed E-state index contributed by atoms with van der Waals surface area (Å²) in [6, 6.07) is 4.61. The van der Waals surface area contributed by atoms with Gasteiger partial charge in [0.2, 0.25) is 0 Å².